The third kappa shape index (κ3) is 2.84. The fourth-order valence-corrected chi connectivity index (χ4v) is 1.54. The Balaban J connectivity index is 2.05. The molecule has 0 atom stereocenters. The van der Waals surface area contributed by atoms with Crippen LogP contribution in [0.5, 0.6) is 0 Å². The highest BCUT2D eigenvalue weighted by Crippen LogP contribution is 1.99. The van der Waals surface area contributed by atoms with Crippen molar-refractivity contribution in [3.63, 3.8) is 0 Å². The van der Waals surface area contributed by atoms with Gasteiger partial charge in [0.05, 0.1) is 11.9 Å². The van der Waals surface area contributed by atoms with Gasteiger partial charge in [-0.15, -0.1) is 10.2 Å². The summed E-state index contributed by atoms with van der Waals surface area (Å²) in [4.78, 5) is 0. The number of hydrogen-bond donors (Lipinski definition) is 1. The van der Waals surface area contributed by atoms with Gasteiger partial charge < -0.3 is 5.32 Å². The minimum atomic E-state index is 0.545. The van der Waals surface area contributed by atoms with Gasteiger partial charge in [-0.05, 0) is 23.9 Å². The molecule has 0 bridgehead atoms. The first-order chi connectivity index (χ1) is 8.33. The molecule has 0 saturated carbocycles. The molecule has 8 nitrogen and oxygen atoms in total. The van der Waals surface area contributed by atoms with E-state index in [4.69, 9.17) is 0 Å². The van der Waals surface area contributed by atoms with E-state index in [0.29, 0.717) is 13.1 Å². The Kier molecular flexibility index (Phi) is 3.76. The van der Waals surface area contributed by atoms with Gasteiger partial charge in [-0.25, -0.2) is 9.36 Å². The maximum Gasteiger partial charge on any atom is 0.172 e. The number of aromatic nitrogens is 7. The van der Waals surface area contributed by atoms with Crippen molar-refractivity contribution in [3.05, 3.63) is 17.7 Å². The lowest BCUT2D eigenvalue weighted by molar-refractivity contribution is 0.526. The second-order valence-corrected chi connectivity index (χ2v) is 3.76. The molecule has 2 aromatic heterocycles. The van der Waals surface area contributed by atoms with Crippen molar-refractivity contribution in [3.8, 4) is 0 Å². The molecular formula is C9H16N8. The molecule has 0 fully saturated rings. The normalized spacial score (nSPS) is 10.9. The van der Waals surface area contributed by atoms with Crippen LogP contribution in [0.2, 0.25) is 0 Å². The summed E-state index contributed by atoms with van der Waals surface area (Å²) in [5.41, 5.74) is 0.905. The molecule has 17 heavy (non-hydrogen) atoms. The fraction of sp³-hybridized carbons (Fsp3) is 0.667. The molecule has 0 amide bonds. The van der Waals surface area contributed by atoms with Gasteiger partial charge in [0.25, 0.3) is 0 Å². The summed E-state index contributed by atoms with van der Waals surface area (Å²) in [5, 5.41) is 22.7. The molecule has 8 heteroatoms. The molecule has 0 radical (unpaired) electrons. The van der Waals surface area contributed by atoms with Gasteiger partial charge in [-0.1, -0.05) is 12.1 Å². The van der Waals surface area contributed by atoms with Crippen molar-refractivity contribution in [2.75, 3.05) is 7.05 Å². The average molecular weight is 236 g/mol. The van der Waals surface area contributed by atoms with Crippen molar-refractivity contribution in [2.45, 2.75) is 33.0 Å². The zero-order valence-corrected chi connectivity index (χ0v) is 10.0. The van der Waals surface area contributed by atoms with Crippen LogP contribution >= 0.6 is 0 Å². The molecule has 0 aliphatic carbocycles. The Morgan fingerprint density at radius 2 is 2.18 bits per heavy atom. The summed E-state index contributed by atoms with van der Waals surface area (Å²) in [6, 6.07) is 0. The van der Waals surface area contributed by atoms with E-state index in [-0.39, 0.29) is 0 Å². The molecule has 0 spiro atoms. The maximum atomic E-state index is 4.03. The van der Waals surface area contributed by atoms with Gasteiger partial charge in [0, 0.05) is 13.1 Å². The van der Waals surface area contributed by atoms with E-state index in [2.05, 4.69) is 38.1 Å². The highest BCUT2D eigenvalue weighted by atomic mass is 15.6. The minimum absolute atomic E-state index is 0.545. The number of nitrogens with one attached hydrogen (secondary N) is 1. The summed E-state index contributed by atoms with van der Waals surface area (Å²) in [6.07, 6.45) is 2.89. The van der Waals surface area contributed by atoms with Crippen molar-refractivity contribution in [2.24, 2.45) is 0 Å². The van der Waals surface area contributed by atoms with E-state index >= 15 is 0 Å². The first-order valence-electron chi connectivity index (χ1n) is 5.62. The fourth-order valence-electron chi connectivity index (χ4n) is 1.54. The second-order valence-electron chi connectivity index (χ2n) is 3.76. The smallest absolute Gasteiger partial charge is 0.172 e. The van der Waals surface area contributed by atoms with E-state index in [1.807, 2.05) is 13.2 Å². The molecular weight excluding hydrogens is 220 g/mol. The van der Waals surface area contributed by atoms with Gasteiger partial charge in [0.15, 0.2) is 5.82 Å². The number of tetrazole rings is 1. The van der Waals surface area contributed by atoms with Crippen molar-refractivity contribution in [1.82, 2.24) is 40.5 Å². The molecule has 0 aromatic carbocycles. The molecule has 2 rings (SSSR count). The largest absolute Gasteiger partial charge is 0.314 e. The van der Waals surface area contributed by atoms with Crippen LogP contribution in [0.3, 0.4) is 0 Å². The summed E-state index contributed by atoms with van der Waals surface area (Å²) < 4.78 is 3.53. The zero-order valence-electron chi connectivity index (χ0n) is 10.0. The van der Waals surface area contributed by atoms with Crippen LogP contribution in [0.15, 0.2) is 6.20 Å². The summed E-state index contributed by atoms with van der Waals surface area (Å²) in [6.45, 7) is 4.16. The van der Waals surface area contributed by atoms with Crippen LogP contribution in [0.1, 0.15) is 24.9 Å². The molecule has 2 aromatic rings. The Labute approximate surface area is 99.0 Å². The van der Waals surface area contributed by atoms with Crippen molar-refractivity contribution >= 4 is 0 Å². The van der Waals surface area contributed by atoms with Crippen LogP contribution < -0.4 is 5.32 Å². The number of aryl methyl sites for hydroxylation is 1. The summed E-state index contributed by atoms with van der Waals surface area (Å²) in [7, 11) is 1.88. The van der Waals surface area contributed by atoms with E-state index in [1.165, 1.54) is 0 Å². The second kappa shape index (κ2) is 5.48. The molecule has 92 valence electrons. The lowest BCUT2D eigenvalue weighted by atomic mass is 10.4. The Morgan fingerprint density at radius 1 is 1.29 bits per heavy atom. The van der Waals surface area contributed by atoms with Gasteiger partial charge in [0.1, 0.15) is 6.54 Å². The van der Waals surface area contributed by atoms with Crippen molar-refractivity contribution < 1.29 is 0 Å². The van der Waals surface area contributed by atoms with Crippen LogP contribution in [0.25, 0.3) is 0 Å². The van der Waals surface area contributed by atoms with Gasteiger partial charge in [0.2, 0.25) is 0 Å². The maximum absolute atomic E-state index is 4.03. The SMILES string of the molecule is CCCn1nnnc1Cn1cc(CNC)nn1. The van der Waals surface area contributed by atoms with Crippen molar-refractivity contribution in [1.29, 1.82) is 0 Å². The number of nitrogens with zero attached hydrogens (tertiary/aromatic N) is 7. The third-order valence-corrected chi connectivity index (χ3v) is 2.29. The van der Waals surface area contributed by atoms with E-state index in [1.54, 1.807) is 9.36 Å². The monoisotopic (exact) mass is 236 g/mol. The van der Waals surface area contributed by atoms with E-state index in [0.717, 1.165) is 24.5 Å². The number of hydrogen-bond acceptors (Lipinski definition) is 6. The van der Waals surface area contributed by atoms with E-state index in [9.17, 15) is 0 Å². The predicted molar refractivity (Wildman–Crippen MR) is 60.0 cm³/mol. The number of rotatable bonds is 6. The Hall–Kier alpha value is -1.83. The summed E-state index contributed by atoms with van der Waals surface area (Å²) >= 11 is 0. The van der Waals surface area contributed by atoms with Crippen LogP contribution in [-0.4, -0.2) is 42.2 Å². The summed E-state index contributed by atoms with van der Waals surface area (Å²) in [5.74, 6) is 0.799. The standard InChI is InChI=1S/C9H16N8/c1-3-4-17-9(12-13-15-17)7-16-6-8(5-10-2)11-14-16/h6,10H,3-5,7H2,1-2H3. The molecule has 0 saturated heterocycles. The first-order valence-corrected chi connectivity index (χ1v) is 5.62. The van der Waals surface area contributed by atoms with Gasteiger partial charge in [-0.3, -0.25) is 0 Å². The molecule has 1 N–H and O–H groups in total. The average Bonchev–Trinajstić information content (AvgIpc) is 2.91. The van der Waals surface area contributed by atoms with Gasteiger partial charge in [-0.2, -0.15) is 0 Å². The molecule has 0 aliphatic rings. The van der Waals surface area contributed by atoms with Gasteiger partial charge >= 0.3 is 0 Å². The van der Waals surface area contributed by atoms with Crippen LogP contribution in [-0.2, 0) is 19.6 Å². The highest BCUT2D eigenvalue weighted by molar-refractivity contribution is 4.93. The highest BCUT2D eigenvalue weighted by Gasteiger charge is 2.07. The lowest BCUT2D eigenvalue weighted by Crippen LogP contribution is -2.10. The molecule has 0 unspecified atom stereocenters. The van der Waals surface area contributed by atoms with E-state index < -0.39 is 0 Å². The lowest BCUT2D eigenvalue weighted by Gasteiger charge is -2.01. The topological polar surface area (TPSA) is 86.3 Å². The predicted octanol–water partition coefficient (Wildman–Crippen LogP) is -0.558. The quantitative estimate of drug-likeness (QED) is 0.723. The van der Waals surface area contributed by atoms with Crippen LogP contribution in [0, 0.1) is 0 Å². The van der Waals surface area contributed by atoms with Crippen LogP contribution in [0.4, 0.5) is 0 Å². The minimum Gasteiger partial charge on any atom is -0.314 e. The molecule has 2 heterocycles. The first kappa shape index (κ1) is 11.6. The zero-order chi connectivity index (χ0) is 12.1. The third-order valence-electron chi connectivity index (χ3n) is 2.29. The molecule has 0 aliphatic heterocycles. The Bertz CT molecular complexity index is 459. The Morgan fingerprint density at radius 3 is 2.94 bits per heavy atom.